The van der Waals surface area contributed by atoms with Crippen LogP contribution in [0.25, 0.3) is 0 Å². The summed E-state index contributed by atoms with van der Waals surface area (Å²) in [6, 6.07) is 6.21. The van der Waals surface area contributed by atoms with Crippen LogP contribution in [-0.2, 0) is 9.63 Å². The van der Waals surface area contributed by atoms with Crippen LogP contribution in [0.15, 0.2) is 29.4 Å². The smallest absolute Gasteiger partial charge is 0.309 e. The van der Waals surface area contributed by atoms with Crippen LogP contribution in [0.3, 0.4) is 0 Å². The van der Waals surface area contributed by atoms with Crippen LogP contribution in [-0.4, -0.2) is 36.0 Å². The number of rotatable bonds is 4. The number of hydrogen-bond acceptors (Lipinski definition) is 4. The molecule has 1 fully saturated rings. The molecular formula is C16H19FN2O3. The predicted octanol–water partition coefficient (Wildman–Crippen LogP) is 2.16. The Morgan fingerprint density at radius 3 is 2.91 bits per heavy atom. The van der Waals surface area contributed by atoms with E-state index in [1.54, 1.807) is 12.1 Å². The van der Waals surface area contributed by atoms with Crippen molar-refractivity contribution in [2.75, 3.05) is 13.1 Å². The summed E-state index contributed by atoms with van der Waals surface area (Å²) in [5, 5.41) is 16.8. The van der Waals surface area contributed by atoms with Gasteiger partial charge in [-0.15, -0.1) is 0 Å². The van der Waals surface area contributed by atoms with E-state index in [0.717, 1.165) is 0 Å². The Hall–Kier alpha value is -1.95. The first-order valence-electron chi connectivity index (χ1n) is 7.52. The normalized spacial score (nSPS) is 23.7. The maximum absolute atomic E-state index is 13.3. The summed E-state index contributed by atoms with van der Waals surface area (Å²) < 4.78 is 13.3. The highest BCUT2D eigenvalue weighted by Crippen LogP contribution is 2.37. The zero-order valence-corrected chi connectivity index (χ0v) is 12.2. The van der Waals surface area contributed by atoms with Crippen molar-refractivity contribution in [3.05, 3.63) is 35.6 Å². The summed E-state index contributed by atoms with van der Waals surface area (Å²) in [4.78, 5) is 17.1. The minimum Gasteiger partial charge on any atom is -0.481 e. The SMILES string of the molecule is O=C(O)C1(C[C@H]2CC(c3cccc(F)c3)=NO2)CCNCC1. The second-order valence-corrected chi connectivity index (χ2v) is 6.02. The summed E-state index contributed by atoms with van der Waals surface area (Å²) in [5.74, 6) is -1.08. The molecule has 1 aromatic carbocycles. The highest BCUT2D eigenvalue weighted by molar-refractivity contribution is 6.01. The number of carbonyl (C=O) groups is 1. The molecule has 2 aliphatic heterocycles. The van der Waals surface area contributed by atoms with Gasteiger partial charge < -0.3 is 15.3 Å². The lowest BCUT2D eigenvalue weighted by molar-refractivity contribution is -0.153. The van der Waals surface area contributed by atoms with Crippen molar-refractivity contribution in [1.29, 1.82) is 0 Å². The molecule has 2 N–H and O–H groups in total. The number of nitrogens with one attached hydrogen (secondary N) is 1. The second kappa shape index (κ2) is 6.04. The van der Waals surface area contributed by atoms with E-state index < -0.39 is 11.4 Å². The molecule has 0 saturated carbocycles. The molecule has 3 rings (SSSR count). The van der Waals surface area contributed by atoms with Crippen LogP contribution in [0.5, 0.6) is 0 Å². The van der Waals surface area contributed by atoms with Crippen LogP contribution in [0.4, 0.5) is 4.39 Å². The Labute approximate surface area is 128 Å². The molecule has 0 bridgehead atoms. The van der Waals surface area contributed by atoms with Gasteiger partial charge in [0.15, 0.2) is 0 Å². The van der Waals surface area contributed by atoms with Crippen LogP contribution >= 0.6 is 0 Å². The number of nitrogens with zero attached hydrogens (tertiary/aromatic N) is 1. The first kappa shape index (κ1) is 15.0. The fraction of sp³-hybridized carbons (Fsp3) is 0.500. The van der Waals surface area contributed by atoms with Gasteiger partial charge in [-0.05, 0) is 38.1 Å². The van der Waals surface area contributed by atoms with Gasteiger partial charge in [0.25, 0.3) is 0 Å². The lowest BCUT2D eigenvalue weighted by Crippen LogP contribution is -2.44. The van der Waals surface area contributed by atoms with Gasteiger partial charge in [-0.2, -0.15) is 0 Å². The molecule has 0 spiro atoms. The first-order chi connectivity index (χ1) is 10.6. The van der Waals surface area contributed by atoms with Crippen LogP contribution in [0, 0.1) is 11.2 Å². The van der Waals surface area contributed by atoms with Crippen molar-refractivity contribution < 1.29 is 19.1 Å². The zero-order chi connectivity index (χ0) is 15.6. The van der Waals surface area contributed by atoms with Crippen molar-refractivity contribution in [2.45, 2.75) is 31.8 Å². The van der Waals surface area contributed by atoms with E-state index in [0.29, 0.717) is 50.0 Å². The third-order valence-corrected chi connectivity index (χ3v) is 4.52. The Kier molecular flexibility index (Phi) is 4.11. The number of halogens is 1. The van der Waals surface area contributed by atoms with Crippen LogP contribution < -0.4 is 5.32 Å². The lowest BCUT2D eigenvalue weighted by atomic mass is 9.74. The van der Waals surface area contributed by atoms with E-state index in [2.05, 4.69) is 10.5 Å². The molecule has 5 nitrogen and oxygen atoms in total. The molecule has 2 aliphatic rings. The fourth-order valence-corrected chi connectivity index (χ4v) is 3.22. The van der Waals surface area contributed by atoms with E-state index >= 15 is 0 Å². The van der Waals surface area contributed by atoms with Gasteiger partial charge in [0, 0.05) is 18.4 Å². The van der Waals surface area contributed by atoms with E-state index in [4.69, 9.17) is 4.84 Å². The van der Waals surface area contributed by atoms with Crippen molar-refractivity contribution in [3.63, 3.8) is 0 Å². The summed E-state index contributed by atoms with van der Waals surface area (Å²) in [5.41, 5.74) is 0.624. The number of hydrogen-bond donors (Lipinski definition) is 2. The second-order valence-electron chi connectivity index (χ2n) is 6.02. The summed E-state index contributed by atoms with van der Waals surface area (Å²) in [6.07, 6.45) is 1.89. The predicted molar refractivity (Wildman–Crippen MR) is 79.2 cm³/mol. The summed E-state index contributed by atoms with van der Waals surface area (Å²) in [7, 11) is 0. The number of carboxylic acid groups (broad SMARTS) is 1. The average Bonchev–Trinajstić information content (AvgIpc) is 2.96. The molecule has 0 aliphatic carbocycles. The molecular weight excluding hydrogens is 287 g/mol. The lowest BCUT2D eigenvalue weighted by Gasteiger charge is -2.34. The number of benzene rings is 1. The summed E-state index contributed by atoms with van der Waals surface area (Å²) in [6.45, 7) is 1.41. The van der Waals surface area contributed by atoms with Crippen molar-refractivity contribution >= 4 is 11.7 Å². The third kappa shape index (κ3) is 2.97. The fourth-order valence-electron chi connectivity index (χ4n) is 3.22. The third-order valence-electron chi connectivity index (χ3n) is 4.52. The van der Waals surface area contributed by atoms with Gasteiger partial charge in [-0.25, -0.2) is 4.39 Å². The number of carboxylic acids is 1. The highest BCUT2D eigenvalue weighted by atomic mass is 19.1. The largest absolute Gasteiger partial charge is 0.481 e. The Morgan fingerprint density at radius 2 is 2.23 bits per heavy atom. The molecule has 6 heteroatoms. The number of aliphatic carboxylic acids is 1. The van der Waals surface area contributed by atoms with Gasteiger partial charge >= 0.3 is 5.97 Å². The molecule has 2 heterocycles. The van der Waals surface area contributed by atoms with Gasteiger partial charge in [0.2, 0.25) is 0 Å². The molecule has 1 aromatic rings. The number of oxime groups is 1. The van der Waals surface area contributed by atoms with Crippen molar-refractivity contribution in [3.8, 4) is 0 Å². The Morgan fingerprint density at radius 1 is 1.45 bits per heavy atom. The van der Waals surface area contributed by atoms with Crippen LogP contribution in [0.1, 0.15) is 31.2 Å². The minimum atomic E-state index is -0.767. The van der Waals surface area contributed by atoms with Crippen molar-refractivity contribution in [1.82, 2.24) is 5.32 Å². The summed E-state index contributed by atoms with van der Waals surface area (Å²) >= 11 is 0. The van der Waals surface area contributed by atoms with E-state index in [9.17, 15) is 14.3 Å². The average molecular weight is 306 g/mol. The van der Waals surface area contributed by atoms with Gasteiger partial charge in [-0.1, -0.05) is 17.3 Å². The topological polar surface area (TPSA) is 70.9 Å². The molecule has 1 atom stereocenters. The molecule has 0 aromatic heterocycles. The highest BCUT2D eigenvalue weighted by Gasteiger charge is 2.43. The molecule has 1 saturated heterocycles. The molecule has 0 radical (unpaired) electrons. The standard InChI is InChI=1S/C16H19FN2O3/c17-12-3-1-2-11(8-12)14-9-13(22-19-14)10-16(15(20)21)4-6-18-7-5-16/h1-3,8,13,18H,4-7,9-10H2,(H,20,21)/t13-/m1/s1. The van der Waals surface area contributed by atoms with Crippen LogP contribution in [0.2, 0.25) is 0 Å². The van der Waals surface area contributed by atoms with Gasteiger partial charge in [0.1, 0.15) is 11.9 Å². The maximum atomic E-state index is 13.3. The van der Waals surface area contributed by atoms with Crippen molar-refractivity contribution in [2.24, 2.45) is 10.6 Å². The van der Waals surface area contributed by atoms with E-state index in [1.165, 1.54) is 12.1 Å². The minimum absolute atomic E-state index is 0.257. The molecule has 0 unspecified atom stereocenters. The quantitative estimate of drug-likeness (QED) is 0.894. The number of piperidine rings is 1. The Balaban J connectivity index is 1.67. The maximum Gasteiger partial charge on any atom is 0.309 e. The van der Waals surface area contributed by atoms with E-state index in [1.807, 2.05) is 0 Å². The monoisotopic (exact) mass is 306 g/mol. The molecule has 118 valence electrons. The van der Waals surface area contributed by atoms with E-state index in [-0.39, 0.29) is 11.9 Å². The van der Waals surface area contributed by atoms with Gasteiger partial charge in [0.05, 0.1) is 11.1 Å². The Bertz CT molecular complexity index is 597. The molecule has 0 amide bonds. The first-order valence-corrected chi connectivity index (χ1v) is 7.52. The van der Waals surface area contributed by atoms with Gasteiger partial charge in [-0.3, -0.25) is 4.79 Å². The molecule has 22 heavy (non-hydrogen) atoms. The zero-order valence-electron chi connectivity index (χ0n) is 12.2.